The van der Waals surface area contributed by atoms with Gasteiger partial charge >= 0.3 is 5.97 Å². The number of carbonyl (C=O) groups excluding carboxylic acids is 1. The van der Waals surface area contributed by atoms with E-state index in [0.717, 1.165) is 33.5 Å². The summed E-state index contributed by atoms with van der Waals surface area (Å²) in [6.07, 6.45) is 3.78. The van der Waals surface area contributed by atoms with E-state index in [4.69, 9.17) is 14.1 Å². The zero-order valence-electron chi connectivity index (χ0n) is 22.0. The first kappa shape index (κ1) is 28.9. The highest BCUT2D eigenvalue weighted by Crippen LogP contribution is 2.26. The third-order valence-corrected chi connectivity index (χ3v) is 6.86. The van der Waals surface area contributed by atoms with Gasteiger partial charge in [-0.1, -0.05) is 96.7 Å². The molecule has 0 radical (unpaired) electrons. The smallest absolute Gasteiger partial charge is 0.330 e. The minimum atomic E-state index is -0.702. The molecular weight excluding hydrogens is 539 g/mol. The number of esters is 1. The lowest BCUT2D eigenvalue weighted by Crippen LogP contribution is -2.25. The molecule has 0 saturated carbocycles. The first-order valence-electron chi connectivity index (χ1n) is 12.4. The summed E-state index contributed by atoms with van der Waals surface area (Å²) in [7, 11) is 1.40. The van der Waals surface area contributed by atoms with Gasteiger partial charge in [-0.3, -0.25) is 9.98 Å². The molecular formula is C31H29N4O3PS. The molecule has 0 aliphatic rings. The molecule has 0 amide bonds. The topological polar surface area (TPSA) is 90.5 Å². The zero-order chi connectivity index (χ0) is 26.9. The second-order valence-electron chi connectivity index (χ2n) is 8.67. The molecule has 202 valence electrons. The molecule has 2 unspecified atom stereocenters. The van der Waals surface area contributed by atoms with Crippen molar-refractivity contribution in [1.82, 2.24) is 15.2 Å². The van der Waals surface area contributed by atoms with E-state index in [9.17, 15) is 4.79 Å². The summed E-state index contributed by atoms with van der Waals surface area (Å²) in [6, 6.07) is 30.8. The van der Waals surface area contributed by atoms with Crippen LogP contribution in [-0.2, 0) is 21.7 Å². The van der Waals surface area contributed by atoms with E-state index in [2.05, 4.69) is 21.2 Å². The number of hydrogen-bond acceptors (Lipinski definition) is 8. The fourth-order valence-electron chi connectivity index (χ4n) is 4.08. The van der Waals surface area contributed by atoms with Gasteiger partial charge in [-0.2, -0.15) is 9.90 Å². The Morgan fingerprint density at radius 3 is 2.17 bits per heavy atom. The average Bonchev–Trinajstić information content (AvgIpc) is 3.48. The molecule has 0 fully saturated rings. The van der Waals surface area contributed by atoms with Crippen molar-refractivity contribution in [2.75, 3.05) is 7.11 Å². The van der Waals surface area contributed by atoms with Crippen LogP contribution in [0, 0.1) is 0 Å². The molecule has 2 atom stereocenters. The Bertz CT molecular complexity index is 1510. The first-order chi connectivity index (χ1) is 19.2. The van der Waals surface area contributed by atoms with Crippen LogP contribution in [0.5, 0.6) is 0 Å². The summed E-state index contributed by atoms with van der Waals surface area (Å²) < 4.78 is 10.9. The minimum absolute atomic E-state index is 0. The Balaban J connectivity index is 0.00000370. The normalized spacial score (nSPS) is 11.2. The third kappa shape index (κ3) is 7.50. The molecule has 0 bridgehead atoms. The lowest BCUT2D eigenvalue weighted by Gasteiger charge is -2.15. The molecule has 40 heavy (non-hydrogen) atoms. The summed E-state index contributed by atoms with van der Waals surface area (Å²) in [5, 5.41) is 8.77. The fraction of sp³-hybridized carbons (Fsp3) is 0.129. The molecule has 2 aromatic heterocycles. The number of thioether (sulfide) groups is 1. The van der Waals surface area contributed by atoms with Crippen LogP contribution in [0.25, 0.3) is 11.5 Å². The standard InChI is InChI=1S/C31H26N4O3S.H3P/c1-37-30(36)27(33-28(24-11-4-2-5-12-24)25-13-6-3-7-14-25)20-22-9-8-10-23(19-22)21-39-31-35-34-29(38-31)26-15-17-32-18-16-26;/h2-19,27H,20-21H2,1H3;1H3. The molecule has 0 aliphatic heterocycles. The van der Waals surface area contributed by atoms with Crippen molar-refractivity contribution in [3.63, 3.8) is 0 Å². The number of hydrogen-bond donors (Lipinski definition) is 0. The van der Waals surface area contributed by atoms with Crippen LogP contribution >= 0.6 is 21.7 Å². The Labute approximate surface area is 240 Å². The maximum absolute atomic E-state index is 12.9. The Hall–Kier alpha value is -4.13. The quantitative estimate of drug-likeness (QED) is 0.0870. The van der Waals surface area contributed by atoms with Crippen molar-refractivity contribution in [1.29, 1.82) is 0 Å². The molecule has 9 heteroatoms. The highest BCUT2D eigenvalue weighted by Gasteiger charge is 2.21. The second-order valence-corrected chi connectivity index (χ2v) is 9.60. The molecule has 0 aliphatic carbocycles. The van der Waals surface area contributed by atoms with Crippen LogP contribution in [-0.4, -0.2) is 40.0 Å². The van der Waals surface area contributed by atoms with Crippen molar-refractivity contribution in [2.24, 2.45) is 4.99 Å². The van der Waals surface area contributed by atoms with Gasteiger partial charge in [0.1, 0.15) is 0 Å². The van der Waals surface area contributed by atoms with Gasteiger partial charge in [-0.05, 0) is 23.3 Å². The van der Waals surface area contributed by atoms with Crippen molar-refractivity contribution in [3.8, 4) is 11.5 Å². The van der Waals surface area contributed by atoms with Gasteiger partial charge in [0.15, 0.2) is 6.04 Å². The number of methoxy groups -OCH3 is 1. The molecule has 7 nitrogen and oxygen atoms in total. The lowest BCUT2D eigenvalue weighted by atomic mass is 10.00. The van der Waals surface area contributed by atoms with Gasteiger partial charge < -0.3 is 9.15 Å². The Kier molecular flexibility index (Phi) is 10.3. The monoisotopic (exact) mass is 568 g/mol. The first-order valence-corrected chi connectivity index (χ1v) is 13.4. The number of aromatic nitrogens is 3. The second kappa shape index (κ2) is 14.3. The average molecular weight is 569 g/mol. The van der Waals surface area contributed by atoms with Crippen molar-refractivity contribution >= 4 is 33.3 Å². The SMILES string of the molecule is COC(=O)C(Cc1cccc(CSc2nnc(-c3ccncc3)o2)c1)N=C(c1ccccc1)c1ccccc1.P. The number of nitrogens with zero attached hydrogens (tertiary/aromatic N) is 4. The van der Waals surface area contributed by atoms with Crippen LogP contribution in [0.1, 0.15) is 22.3 Å². The van der Waals surface area contributed by atoms with Crippen molar-refractivity contribution < 1.29 is 13.9 Å². The molecule has 0 N–H and O–H groups in total. The summed E-state index contributed by atoms with van der Waals surface area (Å²) in [4.78, 5) is 21.8. The highest BCUT2D eigenvalue weighted by atomic mass is 32.2. The Morgan fingerprint density at radius 2 is 1.52 bits per heavy atom. The van der Waals surface area contributed by atoms with Crippen LogP contribution in [0.3, 0.4) is 0 Å². The molecule has 0 saturated heterocycles. The molecule has 0 spiro atoms. The number of benzene rings is 3. The van der Waals surface area contributed by atoms with Gasteiger partial charge in [0.2, 0.25) is 5.89 Å². The number of pyridine rings is 1. The summed E-state index contributed by atoms with van der Waals surface area (Å²) in [5.41, 5.74) is 5.50. The van der Waals surface area contributed by atoms with E-state index in [0.29, 0.717) is 23.3 Å². The maximum Gasteiger partial charge on any atom is 0.330 e. The largest absolute Gasteiger partial charge is 0.467 e. The number of ether oxygens (including phenoxy) is 1. The van der Waals surface area contributed by atoms with Crippen molar-refractivity contribution in [2.45, 2.75) is 23.4 Å². The highest BCUT2D eigenvalue weighted by molar-refractivity contribution is 7.98. The Morgan fingerprint density at radius 1 is 0.875 bits per heavy atom. The zero-order valence-corrected chi connectivity index (χ0v) is 24.2. The van der Waals surface area contributed by atoms with E-state index in [1.54, 1.807) is 12.4 Å². The van der Waals surface area contributed by atoms with E-state index >= 15 is 0 Å². The van der Waals surface area contributed by atoms with Crippen LogP contribution in [0.4, 0.5) is 0 Å². The predicted molar refractivity (Wildman–Crippen MR) is 163 cm³/mol. The molecule has 5 aromatic rings. The van der Waals surface area contributed by atoms with E-state index in [1.807, 2.05) is 91.0 Å². The maximum atomic E-state index is 12.9. The summed E-state index contributed by atoms with van der Waals surface area (Å²) >= 11 is 1.46. The van der Waals surface area contributed by atoms with Crippen LogP contribution in [0.2, 0.25) is 0 Å². The van der Waals surface area contributed by atoms with Gasteiger partial charge in [0.05, 0.1) is 12.8 Å². The minimum Gasteiger partial charge on any atom is -0.467 e. The third-order valence-electron chi connectivity index (χ3n) is 5.97. The van der Waals surface area contributed by atoms with Gasteiger partial charge in [0.25, 0.3) is 5.22 Å². The number of aliphatic imine (C=N–C) groups is 1. The van der Waals surface area contributed by atoms with E-state index in [1.165, 1.54) is 18.9 Å². The number of carbonyl (C=O) groups is 1. The van der Waals surface area contributed by atoms with Gasteiger partial charge in [0, 0.05) is 41.3 Å². The van der Waals surface area contributed by atoms with E-state index < -0.39 is 6.04 Å². The molecule has 5 rings (SSSR count). The lowest BCUT2D eigenvalue weighted by molar-refractivity contribution is -0.142. The van der Waals surface area contributed by atoms with Gasteiger partial charge in [-0.25, -0.2) is 4.79 Å². The predicted octanol–water partition coefficient (Wildman–Crippen LogP) is 6.10. The van der Waals surface area contributed by atoms with Crippen LogP contribution in [0.15, 0.2) is 124 Å². The van der Waals surface area contributed by atoms with E-state index in [-0.39, 0.29) is 15.9 Å². The van der Waals surface area contributed by atoms with Gasteiger partial charge in [-0.15, -0.1) is 10.2 Å². The molecule has 2 heterocycles. The number of rotatable bonds is 10. The van der Waals surface area contributed by atoms with Crippen LogP contribution < -0.4 is 0 Å². The summed E-state index contributed by atoms with van der Waals surface area (Å²) in [6.45, 7) is 0. The molecule has 3 aromatic carbocycles. The summed E-state index contributed by atoms with van der Waals surface area (Å²) in [5.74, 6) is 0.714. The fourth-order valence-corrected chi connectivity index (χ4v) is 4.78. The van der Waals surface area contributed by atoms with Crippen molar-refractivity contribution in [3.05, 3.63) is 132 Å².